The van der Waals surface area contributed by atoms with Crippen LogP contribution in [0.15, 0.2) is 30.3 Å². The van der Waals surface area contributed by atoms with E-state index in [1.165, 1.54) is 5.56 Å². The number of carbonyl (C=O) groups excluding carboxylic acids is 2. The van der Waals surface area contributed by atoms with Gasteiger partial charge in [0.05, 0.1) is 6.54 Å². The zero-order valence-corrected chi connectivity index (χ0v) is 12.0. The largest absolute Gasteiger partial charge is 0.368 e. The van der Waals surface area contributed by atoms with Gasteiger partial charge < -0.3 is 16.0 Å². The van der Waals surface area contributed by atoms with Crippen LogP contribution in [0.5, 0.6) is 0 Å². The predicted molar refractivity (Wildman–Crippen MR) is 79.5 cm³/mol. The van der Waals surface area contributed by atoms with Crippen LogP contribution in [0.3, 0.4) is 0 Å². The van der Waals surface area contributed by atoms with Crippen LogP contribution in [0.2, 0.25) is 0 Å². The molecule has 2 fully saturated rings. The van der Waals surface area contributed by atoms with Gasteiger partial charge in [-0.25, -0.2) is 0 Å². The summed E-state index contributed by atoms with van der Waals surface area (Å²) in [5, 5.41) is 3.24. The van der Waals surface area contributed by atoms with Crippen LogP contribution >= 0.6 is 0 Å². The zero-order chi connectivity index (χ0) is 14.8. The Bertz CT molecular complexity index is 526. The maximum Gasteiger partial charge on any atom is 0.237 e. The summed E-state index contributed by atoms with van der Waals surface area (Å²) in [6.45, 7) is 1.67. The SMILES string of the molecule is NC(=O)CN(C(=O)C1CC1c1ccccc1)C1CCNC1. The number of carbonyl (C=O) groups is 2. The van der Waals surface area contributed by atoms with Crippen LogP contribution in [0.25, 0.3) is 0 Å². The van der Waals surface area contributed by atoms with E-state index in [2.05, 4.69) is 17.4 Å². The molecule has 3 unspecified atom stereocenters. The molecule has 2 aliphatic rings. The van der Waals surface area contributed by atoms with E-state index in [1.807, 2.05) is 18.2 Å². The van der Waals surface area contributed by atoms with Crippen molar-refractivity contribution in [2.45, 2.75) is 24.8 Å². The van der Waals surface area contributed by atoms with Crippen LogP contribution < -0.4 is 11.1 Å². The van der Waals surface area contributed by atoms with Gasteiger partial charge in [0, 0.05) is 18.5 Å². The summed E-state index contributed by atoms with van der Waals surface area (Å²) in [5.41, 5.74) is 6.52. The lowest BCUT2D eigenvalue weighted by molar-refractivity contribution is -0.138. The lowest BCUT2D eigenvalue weighted by Crippen LogP contribution is -2.47. The Labute approximate surface area is 124 Å². The third-order valence-corrected chi connectivity index (χ3v) is 4.42. The van der Waals surface area contributed by atoms with Crippen molar-refractivity contribution in [3.05, 3.63) is 35.9 Å². The number of nitrogens with one attached hydrogen (secondary N) is 1. The van der Waals surface area contributed by atoms with Gasteiger partial charge in [0.1, 0.15) is 0 Å². The van der Waals surface area contributed by atoms with Crippen molar-refractivity contribution in [1.29, 1.82) is 0 Å². The Kier molecular flexibility index (Phi) is 3.92. The molecule has 0 radical (unpaired) electrons. The first-order chi connectivity index (χ1) is 10.2. The van der Waals surface area contributed by atoms with Gasteiger partial charge in [-0.05, 0) is 30.9 Å². The van der Waals surface area contributed by atoms with E-state index in [-0.39, 0.29) is 24.4 Å². The van der Waals surface area contributed by atoms with Crippen LogP contribution in [0.4, 0.5) is 0 Å². The van der Waals surface area contributed by atoms with E-state index in [0.717, 1.165) is 25.9 Å². The third-order valence-electron chi connectivity index (χ3n) is 4.42. The molecule has 2 amide bonds. The van der Waals surface area contributed by atoms with Crippen molar-refractivity contribution in [1.82, 2.24) is 10.2 Å². The fraction of sp³-hybridized carbons (Fsp3) is 0.500. The number of hydrogen-bond acceptors (Lipinski definition) is 3. The Morgan fingerprint density at radius 3 is 2.67 bits per heavy atom. The lowest BCUT2D eigenvalue weighted by atomic mass is 10.1. The highest BCUT2D eigenvalue weighted by Crippen LogP contribution is 2.48. The average Bonchev–Trinajstić information content (AvgIpc) is 3.11. The summed E-state index contributed by atoms with van der Waals surface area (Å²) in [6, 6.07) is 10.2. The highest BCUT2D eigenvalue weighted by atomic mass is 16.2. The maximum absolute atomic E-state index is 12.7. The van der Waals surface area contributed by atoms with Crippen LogP contribution in [-0.2, 0) is 9.59 Å². The molecule has 0 bridgehead atoms. The highest BCUT2D eigenvalue weighted by Gasteiger charge is 2.47. The van der Waals surface area contributed by atoms with E-state index in [1.54, 1.807) is 4.90 Å². The topological polar surface area (TPSA) is 75.4 Å². The van der Waals surface area contributed by atoms with Crippen molar-refractivity contribution in [3.8, 4) is 0 Å². The van der Waals surface area contributed by atoms with E-state index < -0.39 is 5.91 Å². The zero-order valence-electron chi connectivity index (χ0n) is 12.0. The molecule has 0 spiro atoms. The van der Waals surface area contributed by atoms with Gasteiger partial charge in [-0.3, -0.25) is 9.59 Å². The molecule has 1 aliphatic carbocycles. The van der Waals surface area contributed by atoms with Crippen LogP contribution in [0.1, 0.15) is 24.3 Å². The molecule has 1 saturated heterocycles. The van der Waals surface area contributed by atoms with E-state index >= 15 is 0 Å². The minimum absolute atomic E-state index is 0.00681. The quantitative estimate of drug-likeness (QED) is 0.826. The van der Waals surface area contributed by atoms with Crippen molar-refractivity contribution >= 4 is 11.8 Å². The second-order valence-electron chi connectivity index (χ2n) is 5.94. The third kappa shape index (κ3) is 3.08. The Balaban J connectivity index is 1.69. The van der Waals surface area contributed by atoms with Gasteiger partial charge in [0.25, 0.3) is 0 Å². The van der Waals surface area contributed by atoms with Gasteiger partial charge in [0.2, 0.25) is 11.8 Å². The normalized spacial score (nSPS) is 27.3. The van der Waals surface area contributed by atoms with Crippen molar-refractivity contribution < 1.29 is 9.59 Å². The van der Waals surface area contributed by atoms with Crippen LogP contribution in [-0.4, -0.2) is 42.4 Å². The Hall–Kier alpha value is -1.88. The molecule has 3 rings (SSSR count). The number of amides is 2. The van der Waals surface area contributed by atoms with Gasteiger partial charge >= 0.3 is 0 Å². The van der Waals surface area contributed by atoms with Gasteiger partial charge in [-0.15, -0.1) is 0 Å². The molecule has 3 atom stereocenters. The number of benzene rings is 1. The molecule has 5 heteroatoms. The van der Waals surface area contributed by atoms with Crippen molar-refractivity contribution in [2.24, 2.45) is 11.7 Å². The molecule has 3 N–H and O–H groups in total. The average molecular weight is 287 g/mol. The number of primary amides is 1. The number of rotatable bonds is 5. The fourth-order valence-electron chi connectivity index (χ4n) is 3.21. The number of nitrogens with two attached hydrogens (primary N) is 1. The molecule has 21 heavy (non-hydrogen) atoms. The van der Waals surface area contributed by atoms with E-state index in [0.29, 0.717) is 5.92 Å². The molecule has 5 nitrogen and oxygen atoms in total. The van der Waals surface area contributed by atoms with E-state index in [4.69, 9.17) is 5.73 Å². The number of nitrogens with zero attached hydrogens (tertiary/aromatic N) is 1. The molecule has 1 aromatic carbocycles. The van der Waals surface area contributed by atoms with Gasteiger partial charge in [-0.2, -0.15) is 0 Å². The maximum atomic E-state index is 12.7. The first kappa shape index (κ1) is 14.1. The smallest absolute Gasteiger partial charge is 0.237 e. The Morgan fingerprint density at radius 1 is 1.29 bits per heavy atom. The minimum Gasteiger partial charge on any atom is -0.368 e. The van der Waals surface area contributed by atoms with Crippen LogP contribution in [0, 0.1) is 5.92 Å². The predicted octanol–water partition coefficient (Wildman–Crippen LogP) is 0.466. The molecule has 1 aliphatic heterocycles. The molecule has 1 aromatic rings. The standard InChI is InChI=1S/C16H21N3O2/c17-15(20)10-19(12-6-7-18-9-12)16(21)14-8-13(14)11-4-2-1-3-5-11/h1-5,12-14,18H,6-10H2,(H2,17,20). The fourth-order valence-corrected chi connectivity index (χ4v) is 3.21. The first-order valence-electron chi connectivity index (χ1n) is 7.51. The second kappa shape index (κ2) is 5.85. The highest BCUT2D eigenvalue weighted by molar-refractivity contribution is 5.87. The summed E-state index contributed by atoms with van der Waals surface area (Å²) in [6.07, 6.45) is 1.76. The molecule has 1 heterocycles. The second-order valence-corrected chi connectivity index (χ2v) is 5.94. The van der Waals surface area contributed by atoms with E-state index in [9.17, 15) is 9.59 Å². The minimum atomic E-state index is -0.438. The Morgan fingerprint density at radius 2 is 2.05 bits per heavy atom. The van der Waals surface area contributed by atoms with Crippen molar-refractivity contribution in [2.75, 3.05) is 19.6 Å². The molecular formula is C16H21N3O2. The van der Waals surface area contributed by atoms with Gasteiger partial charge in [-0.1, -0.05) is 30.3 Å². The summed E-state index contributed by atoms with van der Waals surface area (Å²) in [4.78, 5) is 25.7. The molecule has 1 saturated carbocycles. The van der Waals surface area contributed by atoms with Crippen molar-refractivity contribution in [3.63, 3.8) is 0 Å². The monoisotopic (exact) mass is 287 g/mol. The lowest BCUT2D eigenvalue weighted by Gasteiger charge is -2.27. The van der Waals surface area contributed by atoms with Gasteiger partial charge in [0.15, 0.2) is 0 Å². The molecular weight excluding hydrogens is 266 g/mol. The summed E-state index contributed by atoms with van der Waals surface area (Å²) < 4.78 is 0. The first-order valence-corrected chi connectivity index (χ1v) is 7.51. The summed E-state index contributed by atoms with van der Waals surface area (Å²) >= 11 is 0. The molecule has 112 valence electrons. The number of hydrogen-bond donors (Lipinski definition) is 2. The molecule has 0 aromatic heterocycles. The summed E-state index contributed by atoms with van der Waals surface area (Å²) in [7, 11) is 0. The summed E-state index contributed by atoms with van der Waals surface area (Å²) in [5.74, 6) is -0.0562.